The normalized spacial score (nSPS) is 22.1. The highest BCUT2D eigenvalue weighted by Gasteiger charge is 2.26. The minimum Gasteiger partial charge on any atom is -0.409 e. The van der Waals surface area contributed by atoms with Crippen molar-refractivity contribution in [3.05, 3.63) is 29.8 Å². The highest BCUT2D eigenvalue weighted by Crippen LogP contribution is 2.35. The van der Waals surface area contributed by atoms with Gasteiger partial charge in [-0.25, -0.2) is 0 Å². The summed E-state index contributed by atoms with van der Waals surface area (Å²) >= 11 is 0. The van der Waals surface area contributed by atoms with Crippen LogP contribution in [0.4, 0.5) is 5.69 Å². The Balaban J connectivity index is 2.36. The average molecular weight is 233 g/mol. The van der Waals surface area contributed by atoms with Crippen LogP contribution in [0.5, 0.6) is 0 Å². The van der Waals surface area contributed by atoms with Crippen LogP contribution in [-0.2, 0) is 0 Å². The monoisotopic (exact) mass is 233 g/mol. The van der Waals surface area contributed by atoms with E-state index >= 15 is 0 Å². The number of nitrogens with zero attached hydrogens (tertiary/aromatic N) is 2. The molecule has 0 spiro atoms. The van der Waals surface area contributed by atoms with Crippen LogP contribution in [0.3, 0.4) is 0 Å². The quantitative estimate of drug-likeness (QED) is 0.356. The van der Waals surface area contributed by atoms with Gasteiger partial charge in [-0.3, -0.25) is 0 Å². The largest absolute Gasteiger partial charge is 0.409 e. The first-order valence-corrected chi connectivity index (χ1v) is 5.98. The number of fused-ring (bicyclic) bond motifs is 1. The first-order chi connectivity index (χ1) is 8.15. The van der Waals surface area contributed by atoms with Gasteiger partial charge in [0.15, 0.2) is 5.84 Å². The molecule has 0 amide bonds. The van der Waals surface area contributed by atoms with E-state index in [1.165, 1.54) is 11.3 Å². The van der Waals surface area contributed by atoms with Crippen molar-refractivity contribution >= 4 is 11.5 Å². The number of hydrogen-bond acceptors (Lipinski definition) is 3. The first kappa shape index (κ1) is 11.8. The van der Waals surface area contributed by atoms with E-state index in [-0.39, 0.29) is 11.9 Å². The lowest BCUT2D eigenvalue weighted by atomic mass is 9.90. The average Bonchev–Trinajstić information content (AvgIpc) is 2.38. The van der Waals surface area contributed by atoms with Crippen molar-refractivity contribution in [2.24, 2.45) is 10.9 Å². The molecule has 92 valence electrons. The van der Waals surface area contributed by atoms with Gasteiger partial charge in [-0.05, 0) is 30.9 Å². The fourth-order valence-corrected chi connectivity index (χ4v) is 2.42. The topological polar surface area (TPSA) is 61.8 Å². The van der Waals surface area contributed by atoms with Crippen molar-refractivity contribution in [1.82, 2.24) is 0 Å². The van der Waals surface area contributed by atoms with Gasteiger partial charge in [0, 0.05) is 12.2 Å². The van der Waals surface area contributed by atoms with Gasteiger partial charge >= 0.3 is 0 Å². The molecule has 2 unspecified atom stereocenters. The summed E-state index contributed by atoms with van der Waals surface area (Å²) in [6.07, 6.45) is 1.10. The van der Waals surface area contributed by atoms with Crippen LogP contribution in [0.1, 0.15) is 31.7 Å². The van der Waals surface area contributed by atoms with Crippen LogP contribution in [0, 0.1) is 0 Å². The Labute approximate surface area is 102 Å². The molecule has 4 nitrogen and oxygen atoms in total. The van der Waals surface area contributed by atoms with Crippen LogP contribution in [-0.4, -0.2) is 23.6 Å². The second kappa shape index (κ2) is 4.65. The predicted molar refractivity (Wildman–Crippen MR) is 69.7 cm³/mol. The van der Waals surface area contributed by atoms with E-state index < -0.39 is 0 Å². The Morgan fingerprint density at radius 3 is 2.94 bits per heavy atom. The molecule has 0 aliphatic carbocycles. The lowest BCUT2D eigenvalue weighted by molar-refractivity contribution is 0.315. The van der Waals surface area contributed by atoms with Crippen molar-refractivity contribution in [1.29, 1.82) is 0 Å². The molecule has 1 aromatic rings. The Morgan fingerprint density at radius 2 is 2.24 bits per heavy atom. The number of nitrogens with two attached hydrogens (primary N) is 1. The van der Waals surface area contributed by atoms with Crippen molar-refractivity contribution in [2.45, 2.75) is 32.2 Å². The van der Waals surface area contributed by atoms with Gasteiger partial charge < -0.3 is 15.8 Å². The fraction of sp³-hybridized carbons (Fsp3) is 0.462. The summed E-state index contributed by atoms with van der Waals surface area (Å²) in [6, 6.07) is 8.28. The third-order valence-electron chi connectivity index (χ3n) is 3.59. The van der Waals surface area contributed by atoms with Gasteiger partial charge in [-0.2, -0.15) is 0 Å². The molecule has 1 heterocycles. The van der Waals surface area contributed by atoms with Gasteiger partial charge in [0.05, 0.1) is 6.04 Å². The molecule has 0 radical (unpaired) electrons. The van der Waals surface area contributed by atoms with Crippen LogP contribution in [0.25, 0.3) is 0 Å². The van der Waals surface area contributed by atoms with Gasteiger partial charge in [-0.15, -0.1) is 0 Å². The van der Waals surface area contributed by atoms with E-state index in [1.54, 1.807) is 0 Å². The van der Waals surface area contributed by atoms with Gasteiger partial charge in [0.25, 0.3) is 0 Å². The minimum atomic E-state index is -0.0753. The highest BCUT2D eigenvalue weighted by molar-refractivity contribution is 5.88. The molecule has 1 aliphatic heterocycles. The van der Waals surface area contributed by atoms with Crippen molar-refractivity contribution < 1.29 is 5.21 Å². The Bertz CT molecular complexity index is 430. The number of amidine groups is 1. The molecule has 2 atom stereocenters. The smallest absolute Gasteiger partial charge is 0.161 e. The highest BCUT2D eigenvalue weighted by atomic mass is 16.4. The zero-order valence-electron chi connectivity index (χ0n) is 10.3. The lowest BCUT2D eigenvalue weighted by Crippen LogP contribution is -2.45. The summed E-state index contributed by atoms with van der Waals surface area (Å²) in [7, 11) is 0. The Morgan fingerprint density at radius 1 is 1.53 bits per heavy atom. The Kier molecular flexibility index (Phi) is 3.22. The molecule has 0 fully saturated rings. The second-order valence-corrected chi connectivity index (χ2v) is 4.64. The molecule has 1 aliphatic rings. The first-order valence-electron chi connectivity index (χ1n) is 5.98. The SMILES string of the molecule is CC1CCN(C(C)/C(N)=N/O)c2ccccc21. The number of benzene rings is 1. The van der Waals surface area contributed by atoms with Crippen molar-refractivity contribution in [2.75, 3.05) is 11.4 Å². The van der Waals surface area contributed by atoms with Crippen LogP contribution < -0.4 is 10.6 Å². The van der Waals surface area contributed by atoms with Gasteiger partial charge in [0.1, 0.15) is 0 Å². The molecule has 0 saturated heterocycles. The number of oxime groups is 1. The summed E-state index contributed by atoms with van der Waals surface area (Å²) in [5.41, 5.74) is 8.24. The zero-order valence-corrected chi connectivity index (χ0v) is 10.3. The van der Waals surface area contributed by atoms with Crippen LogP contribution >= 0.6 is 0 Å². The number of rotatable bonds is 2. The fourth-order valence-electron chi connectivity index (χ4n) is 2.42. The second-order valence-electron chi connectivity index (χ2n) is 4.64. The predicted octanol–water partition coefficient (Wildman–Crippen LogP) is 2.14. The van der Waals surface area contributed by atoms with Gasteiger partial charge in [0.2, 0.25) is 0 Å². The van der Waals surface area contributed by atoms with Crippen molar-refractivity contribution in [3.8, 4) is 0 Å². The van der Waals surface area contributed by atoms with E-state index in [0.717, 1.165) is 13.0 Å². The molecule has 1 aromatic carbocycles. The van der Waals surface area contributed by atoms with E-state index in [1.807, 2.05) is 13.0 Å². The summed E-state index contributed by atoms with van der Waals surface area (Å²) < 4.78 is 0. The maximum absolute atomic E-state index is 8.77. The van der Waals surface area contributed by atoms with E-state index in [0.29, 0.717) is 5.92 Å². The molecule has 0 saturated carbocycles. The lowest BCUT2D eigenvalue weighted by Gasteiger charge is -2.38. The zero-order chi connectivity index (χ0) is 12.4. The van der Waals surface area contributed by atoms with E-state index in [2.05, 4.69) is 35.2 Å². The molecule has 17 heavy (non-hydrogen) atoms. The number of para-hydroxylation sites is 1. The third-order valence-corrected chi connectivity index (χ3v) is 3.59. The van der Waals surface area contributed by atoms with Crippen LogP contribution in [0.15, 0.2) is 29.4 Å². The van der Waals surface area contributed by atoms with E-state index in [9.17, 15) is 0 Å². The minimum absolute atomic E-state index is 0.0753. The number of anilines is 1. The Hall–Kier alpha value is -1.71. The summed E-state index contributed by atoms with van der Waals surface area (Å²) in [5.74, 6) is 0.830. The summed E-state index contributed by atoms with van der Waals surface area (Å²) in [5, 5.41) is 11.9. The third kappa shape index (κ3) is 2.07. The molecular formula is C13H19N3O. The standard InChI is InChI=1S/C13H19N3O/c1-9-7-8-16(10(2)13(14)15-17)12-6-4-3-5-11(9)12/h3-6,9-10,17H,7-8H2,1-2H3,(H2,14,15). The van der Waals surface area contributed by atoms with Crippen LogP contribution in [0.2, 0.25) is 0 Å². The molecule has 0 aromatic heterocycles. The molecular weight excluding hydrogens is 214 g/mol. The van der Waals surface area contributed by atoms with Gasteiger partial charge in [-0.1, -0.05) is 30.3 Å². The summed E-state index contributed by atoms with van der Waals surface area (Å²) in [4.78, 5) is 2.20. The van der Waals surface area contributed by atoms with E-state index in [4.69, 9.17) is 10.9 Å². The maximum atomic E-state index is 8.77. The molecule has 3 N–H and O–H groups in total. The van der Waals surface area contributed by atoms with Crippen molar-refractivity contribution in [3.63, 3.8) is 0 Å². The summed E-state index contributed by atoms with van der Waals surface area (Å²) in [6.45, 7) is 5.14. The maximum Gasteiger partial charge on any atom is 0.161 e. The number of hydrogen-bond donors (Lipinski definition) is 2. The molecule has 2 rings (SSSR count). The molecule has 0 bridgehead atoms. The molecule has 4 heteroatoms.